The van der Waals surface area contributed by atoms with Crippen molar-refractivity contribution in [3.63, 3.8) is 0 Å². The van der Waals surface area contributed by atoms with Gasteiger partial charge in [0.1, 0.15) is 6.04 Å². The number of thiocarbonyl (C=S) groups is 1. The molecule has 3 heterocycles. The van der Waals surface area contributed by atoms with E-state index in [4.69, 9.17) is 17.0 Å². The molecule has 8 heteroatoms. The van der Waals surface area contributed by atoms with Crippen LogP contribution < -0.4 is 15.5 Å². The van der Waals surface area contributed by atoms with E-state index in [9.17, 15) is 4.79 Å². The molecule has 1 aliphatic heterocycles. The summed E-state index contributed by atoms with van der Waals surface area (Å²) in [6.45, 7) is 5.19. The minimum absolute atomic E-state index is 0.00623. The van der Waals surface area contributed by atoms with Gasteiger partial charge in [0.25, 0.3) is 0 Å². The standard InChI is InChI=1S/C25H29N5O2S/c1-4-22(31)27-19-11-10-18(16-17(19)2)30-24(21-9-7-13-29(21)14-15-32-3)23(28-25(30)33)20-8-5-6-12-26-20/h5-13,16,23-24H,4,14-15H2,1-3H3,(H,27,31)(H,28,33). The van der Waals surface area contributed by atoms with E-state index >= 15 is 0 Å². The summed E-state index contributed by atoms with van der Waals surface area (Å²) < 4.78 is 7.53. The number of ether oxygens (including phenoxy) is 1. The molecular formula is C25H29N5O2S. The van der Waals surface area contributed by atoms with Crippen LogP contribution in [0.4, 0.5) is 11.4 Å². The Labute approximate surface area is 199 Å². The van der Waals surface area contributed by atoms with Crippen molar-refractivity contribution in [3.8, 4) is 0 Å². The molecule has 7 nitrogen and oxygen atoms in total. The highest BCUT2D eigenvalue weighted by Crippen LogP contribution is 2.42. The molecule has 2 atom stereocenters. The van der Waals surface area contributed by atoms with E-state index in [0.717, 1.165) is 34.9 Å². The highest BCUT2D eigenvalue weighted by atomic mass is 32.1. The maximum absolute atomic E-state index is 11.9. The Hall–Kier alpha value is -3.23. The van der Waals surface area contributed by atoms with Crippen molar-refractivity contribution < 1.29 is 9.53 Å². The molecule has 1 fully saturated rings. The van der Waals surface area contributed by atoms with Crippen LogP contribution in [0.25, 0.3) is 0 Å². The SMILES string of the molecule is CCC(=O)Nc1ccc(N2C(=S)NC(c3ccccn3)C2c2cccn2CCOC)cc1C. The van der Waals surface area contributed by atoms with Gasteiger partial charge in [0.05, 0.1) is 18.3 Å². The number of nitrogens with zero attached hydrogens (tertiary/aromatic N) is 3. The second-order valence-corrected chi connectivity index (χ2v) is 8.40. The lowest BCUT2D eigenvalue weighted by Crippen LogP contribution is -2.30. The predicted octanol–water partition coefficient (Wildman–Crippen LogP) is 4.36. The van der Waals surface area contributed by atoms with E-state index in [0.29, 0.717) is 18.1 Å². The normalized spacial score (nSPS) is 17.8. The number of amides is 1. The Morgan fingerprint density at radius 2 is 2.09 bits per heavy atom. The van der Waals surface area contributed by atoms with E-state index in [1.165, 1.54) is 0 Å². The van der Waals surface area contributed by atoms with Gasteiger partial charge >= 0.3 is 0 Å². The van der Waals surface area contributed by atoms with Gasteiger partial charge in [0.2, 0.25) is 5.91 Å². The van der Waals surface area contributed by atoms with Gasteiger partial charge in [0.15, 0.2) is 5.11 Å². The van der Waals surface area contributed by atoms with Crippen LogP contribution >= 0.6 is 12.2 Å². The molecular weight excluding hydrogens is 434 g/mol. The van der Waals surface area contributed by atoms with Crippen molar-refractivity contribution in [3.05, 3.63) is 77.9 Å². The zero-order chi connectivity index (χ0) is 23.4. The third-order valence-electron chi connectivity index (χ3n) is 5.89. The molecule has 2 aromatic heterocycles. The first kappa shape index (κ1) is 22.9. The molecule has 0 radical (unpaired) electrons. The van der Waals surface area contributed by atoms with Crippen LogP contribution in [-0.4, -0.2) is 34.3 Å². The van der Waals surface area contributed by atoms with E-state index in [2.05, 4.69) is 49.5 Å². The largest absolute Gasteiger partial charge is 0.383 e. The highest BCUT2D eigenvalue weighted by Gasteiger charge is 2.42. The van der Waals surface area contributed by atoms with Crippen molar-refractivity contribution in [2.75, 3.05) is 23.9 Å². The van der Waals surface area contributed by atoms with Gasteiger partial charge in [-0.3, -0.25) is 9.78 Å². The topological polar surface area (TPSA) is 71.4 Å². The lowest BCUT2D eigenvalue weighted by molar-refractivity contribution is -0.115. The molecule has 33 heavy (non-hydrogen) atoms. The van der Waals surface area contributed by atoms with Gasteiger partial charge in [-0.15, -0.1) is 0 Å². The molecule has 1 saturated heterocycles. The summed E-state index contributed by atoms with van der Waals surface area (Å²) in [5.41, 5.74) is 4.80. The molecule has 0 bridgehead atoms. The molecule has 2 unspecified atom stereocenters. The first-order valence-electron chi connectivity index (χ1n) is 11.1. The number of hydrogen-bond donors (Lipinski definition) is 2. The summed E-state index contributed by atoms with van der Waals surface area (Å²) in [5.74, 6) is -0.00623. The van der Waals surface area contributed by atoms with Crippen molar-refractivity contribution >= 4 is 34.6 Å². The highest BCUT2D eigenvalue weighted by molar-refractivity contribution is 7.80. The van der Waals surface area contributed by atoms with Crippen LogP contribution in [0.15, 0.2) is 60.9 Å². The first-order chi connectivity index (χ1) is 16.0. The number of carbonyl (C=O) groups is 1. The van der Waals surface area contributed by atoms with Gasteiger partial charge in [-0.1, -0.05) is 13.0 Å². The Balaban J connectivity index is 1.76. The van der Waals surface area contributed by atoms with Crippen molar-refractivity contribution in [1.82, 2.24) is 14.9 Å². The Bertz CT molecular complexity index is 1130. The summed E-state index contributed by atoms with van der Waals surface area (Å²) in [4.78, 5) is 18.6. The molecule has 2 N–H and O–H groups in total. The van der Waals surface area contributed by atoms with Crippen LogP contribution in [0.5, 0.6) is 0 Å². The molecule has 3 aromatic rings. The van der Waals surface area contributed by atoms with Gasteiger partial charge in [-0.25, -0.2) is 0 Å². The van der Waals surface area contributed by atoms with E-state index in [1.807, 2.05) is 44.2 Å². The molecule has 0 saturated carbocycles. The minimum atomic E-state index is -0.116. The number of anilines is 2. The first-order valence-corrected chi connectivity index (χ1v) is 11.5. The second kappa shape index (κ2) is 10.1. The molecule has 0 aliphatic carbocycles. The second-order valence-electron chi connectivity index (χ2n) is 8.02. The monoisotopic (exact) mass is 463 g/mol. The Morgan fingerprint density at radius 3 is 2.79 bits per heavy atom. The number of rotatable bonds is 8. The van der Waals surface area contributed by atoms with Gasteiger partial charge in [-0.05, 0) is 67.2 Å². The summed E-state index contributed by atoms with van der Waals surface area (Å²) in [7, 11) is 1.71. The Kier molecular flexibility index (Phi) is 7.05. The summed E-state index contributed by atoms with van der Waals surface area (Å²) in [6, 6.07) is 15.9. The fourth-order valence-corrected chi connectivity index (χ4v) is 4.54. The third kappa shape index (κ3) is 4.77. The predicted molar refractivity (Wildman–Crippen MR) is 134 cm³/mol. The van der Waals surface area contributed by atoms with Crippen LogP contribution in [0.3, 0.4) is 0 Å². The number of benzene rings is 1. The summed E-state index contributed by atoms with van der Waals surface area (Å²) >= 11 is 5.83. The number of aryl methyl sites for hydroxylation is 1. The zero-order valence-corrected chi connectivity index (χ0v) is 19.9. The fourth-order valence-electron chi connectivity index (χ4n) is 4.20. The van der Waals surface area contributed by atoms with Crippen LogP contribution in [0, 0.1) is 6.92 Å². The molecule has 0 spiro atoms. The van der Waals surface area contributed by atoms with Crippen molar-refractivity contribution in [2.45, 2.75) is 38.9 Å². The van der Waals surface area contributed by atoms with Crippen molar-refractivity contribution in [2.24, 2.45) is 0 Å². The number of methoxy groups -OCH3 is 1. The van der Waals surface area contributed by atoms with Crippen LogP contribution in [0.1, 0.15) is 42.4 Å². The summed E-state index contributed by atoms with van der Waals surface area (Å²) in [5, 5.41) is 7.10. The van der Waals surface area contributed by atoms with E-state index < -0.39 is 0 Å². The van der Waals surface area contributed by atoms with Gasteiger partial charge in [0, 0.05) is 49.5 Å². The lowest BCUT2D eigenvalue weighted by atomic mass is 10.0. The molecule has 1 aliphatic rings. The minimum Gasteiger partial charge on any atom is -0.383 e. The summed E-state index contributed by atoms with van der Waals surface area (Å²) in [6.07, 6.45) is 4.31. The van der Waals surface area contributed by atoms with Crippen molar-refractivity contribution in [1.29, 1.82) is 0 Å². The Morgan fingerprint density at radius 1 is 1.24 bits per heavy atom. The van der Waals surface area contributed by atoms with Crippen LogP contribution in [-0.2, 0) is 16.1 Å². The fraction of sp³-hybridized carbons (Fsp3) is 0.320. The zero-order valence-electron chi connectivity index (χ0n) is 19.1. The number of pyridine rings is 1. The lowest BCUT2D eigenvalue weighted by Gasteiger charge is -2.29. The molecule has 4 rings (SSSR count). The number of aromatic nitrogens is 2. The number of hydrogen-bond acceptors (Lipinski definition) is 4. The maximum atomic E-state index is 11.9. The maximum Gasteiger partial charge on any atom is 0.224 e. The molecule has 1 aromatic carbocycles. The molecule has 172 valence electrons. The van der Waals surface area contributed by atoms with Gasteiger partial charge in [-0.2, -0.15) is 0 Å². The average molecular weight is 464 g/mol. The van der Waals surface area contributed by atoms with Gasteiger partial charge < -0.3 is 24.8 Å². The number of nitrogens with one attached hydrogen (secondary N) is 2. The van der Waals surface area contributed by atoms with E-state index in [1.54, 1.807) is 13.3 Å². The number of carbonyl (C=O) groups excluding carboxylic acids is 1. The smallest absolute Gasteiger partial charge is 0.224 e. The quantitative estimate of drug-likeness (QED) is 0.484. The third-order valence-corrected chi connectivity index (χ3v) is 6.20. The average Bonchev–Trinajstić information content (AvgIpc) is 3.43. The molecule has 1 amide bonds. The van der Waals surface area contributed by atoms with Crippen LogP contribution in [0.2, 0.25) is 0 Å². The van der Waals surface area contributed by atoms with E-state index in [-0.39, 0.29) is 18.0 Å².